The van der Waals surface area contributed by atoms with E-state index in [4.69, 9.17) is 5.11 Å². The molecule has 0 fully saturated rings. The number of aryl methyl sites for hydroxylation is 1. The van der Waals surface area contributed by atoms with Gasteiger partial charge in [-0.15, -0.1) is 13.2 Å². The number of benzene rings is 1. The standard InChI is InChI=1S/C13H16F3NO3/c14-13(15,16)20-11-5-2-1-4-10(11)6-7-12(19)17-8-3-9-18/h1-2,4-5,18H,3,6-9H2,(H,17,19). The molecule has 7 heteroatoms. The van der Waals surface area contributed by atoms with Gasteiger partial charge in [-0.1, -0.05) is 18.2 Å². The van der Waals surface area contributed by atoms with Gasteiger partial charge in [0.15, 0.2) is 0 Å². The molecule has 0 unspecified atom stereocenters. The van der Waals surface area contributed by atoms with Crippen molar-refractivity contribution in [2.45, 2.75) is 25.6 Å². The third kappa shape index (κ3) is 6.42. The van der Waals surface area contributed by atoms with E-state index in [1.165, 1.54) is 18.2 Å². The second-order valence-electron chi connectivity index (χ2n) is 4.08. The van der Waals surface area contributed by atoms with Gasteiger partial charge in [-0.2, -0.15) is 0 Å². The van der Waals surface area contributed by atoms with Crippen molar-refractivity contribution < 1.29 is 27.8 Å². The Kier molecular flexibility index (Phi) is 6.30. The molecule has 1 aromatic carbocycles. The number of hydrogen-bond donors (Lipinski definition) is 2. The number of amides is 1. The molecule has 0 aliphatic rings. The molecule has 1 aromatic rings. The van der Waals surface area contributed by atoms with Gasteiger partial charge in [0.25, 0.3) is 0 Å². The van der Waals surface area contributed by atoms with Gasteiger partial charge in [-0.25, -0.2) is 0 Å². The SMILES string of the molecule is O=C(CCc1ccccc1OC(F)(F)F)NCCCO. The van der Waals surface area contributed by atoms with E-state index in [0.717, 1.165) is 0 Å². The van der Waals surface area contributed by atoms with E-state index in [-0.39, 0.29) is 31.1 Å². The third-order valence-electron chi connectivity index (χ3n) is 2.48. The summed E-state index contributed by atoms with van der Waals surface area (Å²) in [4.78, 5) is 11.4. The fourth-order valence-electron chi connectivity index (χ4n) is 1.58. The first-order valence-electron chi connectivity index (χ1n) is 6.13. The Hall–Kier alpha value is -1.76. The minimum absolute atomic E-state index is 0.0253. The van der Waals surface area contributed by atoms with Gasteiger partial charge in [0.2, 0.25) is 5.91 Å². The van der Waals surface area contributed by atoms with Crippen molar-refractivity contribution in [3.8, 4) is 5.75 Å². The Morgan fingerprint density at radius 1 is 1.30 bits per heavy atom. The van der Waals surface area contributed by atoms with Gasteiger partial charge in [0.1, 0.15) is 5.75 Å². The second kappa shape index (κ2) is 7.74. The van der Waals surface area contributed by atoms with Gasteiger partial charge >= 0.3 is 6.36 Å². The van der Waals surface area contributed by atoms with Gasteiger partial charge < -0.3 is 15.2 Å². The summed E-state index contributed by atoms with van der Waals surface area (Å²) in [6, 6.07) is 5.72. The molecule has 0 radical (unpaired) electrons. The molecule has 1 amide bonds. The molecule has 2 N–H and O–H groups in total. The van der Waals surface area contributed by atoms with E-state index >= 15 is 0 Å². The number of para-hydroxylation sites is 1. The molecule has 0 saturated carbocycles. The van der Waals surface area contributed by atoms with Crippen molar-refractivity contribution in [3.05, 3.63) is 29.8 Å². The fraction of sp³-hybridized carbons (Fsp3) is 0.462. The predicted molar refractivity (Wildman–Crippen MR) is 66.2 cm³/mol. The minimum atomic E-state index is -4.75. The quantitative estimate of drug-likeness (QED) is 0.756. The molecule has 112 valence electrons. The smallest absolute Gasteiger partial charge is 0.406 e. The summed E-state index contributed by atoms with van der Waals surface area (Å²) in [5.41, 5.74) is 0.321. The van der Waals surface area contributed by atoms with Crippen molar-refractivity contribution in [2.75, 3.05) is 13.2 Å². The number of aliphatic hydroxyl groups is 1. The monoisotopic (exact) mass is 291 g/mol. The normalized spacial score (nSPS) is 11.2. The van der Waals surface area contributed by atoms with Crippen molar-refractivity contribution in [2.24, 2.45) is 0 Å². The van der Waals surface area contributed by atoms with Gasteiger partial charge in [-0.05, 0) is 24.5 Å². The van der Waals surface area contributed by atoms with Crippen LogP contribution >= 0.6 is 0 Å². The Morgan fingerprint density at radius 3 is 2.65 bits per heavy atom. The molecule has 4 nitrogen and oxygen atoms in total. The lowest BCUT2D eigenvalue weighted by Crippen LogP contribution is -2.25. The van der Waals surface area contributed by atoms with E-state index in [1.54, 1.807) is 6.07 Å². The maximum absolute atomic E-state index is 12.2. The number of halogens is 3. The zero-order valence-corrected chi connectivity index (χ0v) is 10.7. The average Bonchev–Trinajstić information content (AvgIpc) is 2.36. The van der Waals surface area contributed by atoms with Crippen LogP contribution in [0.4, 0.5) is 13.2 Å². The third-order valence-corrected chi connectivity index (χ3v) is 2.48. The van der Waals surface area contributed by atoms with Crippen LogP contribution in [0.5, 0.6) is 5.75 Å². The molecule has 0 atom stereocenters. The maximum Gasteiger partial charge on any atom is 0.573 e. The molecule has 20 heavy (non-hydrogen) atoms. The van der Waals surface area contributed by atoms with Crippen LogP contribution in [-0.2, 0) is 11.2 Å². The van der Waals surface area contributed by atoms with Crippen molar-refractivity contribution in [1.82, 2.24) is 5.32 Å². The molecule has 0 heterocycles. The van der Waals surface area contributed by atoms with Crippen LogP contribution in [0, 0.1) is 0 Å². The van der Waals surface area contributed by atoms with E-state index in [0.29, 0.717) is 18.5 Å². The summed E-state index contributed by atoms with van der Waals surface area (Å²) in [6.45, 7) is 0.318. The molecule has 0 aromatic heterocycles. The molecular formula is C13H16F3NO3. The van der Waals surface area contributed by atoms with Crippen LogP contribution in [0.15, 0.2) is 24.3 Å². The van der Waals surface area contributed by atoms with Crippen molar-refractivity contribution >= 4 is 5.91 Å². The Morgan fingerprint density at radius 2 is 2.00 bits per heavy atom. The summed E-state index contributed by atoms with van der Waals surface area (Å²) in [7, 11) is 0. The number of carbonyl (C=O) groups excluding carboxylic acids is 1. The highest BCUT2D eigenvalue weighted by Crippen LogP contribution is 2.26. The highest BCUT2D eigenvalue weighted by Gasteiger charge is 2.31. The van der Waals surface area contributed by atoms with Crippen LogP contribution in [-0.4, -0.2) is 30.5 Å². The van der Waals surface area contributed by atoms with Crippen LogP contribution < -0.4 is 10.1 Å². The molecule has 0 spiro atoms. The molecule has 0 aliphatic heterocycles. The number of carbonyl (C=O) groups is 1. The van der Waals surface area contributed by atoms with Gasteiger partial charge in [-0.3, -0.25) is 4.79 Å². The van der Waals surface area contributed by atoms with Crippen LogP contribution in [0.25, 0.3) is 0 Å². The van der Waals surface area contributed by atoms with E-state index in [9.17, 15) is 18.0 Å². The lowest BCUT2D eigenvalue weighted by Gasteiger charge is -2.13. The predicted octanol–water partition coefficient (Wildman–Crippen LogP) is 2.02. The first-order chi connectivity index (χ1) is 9.42. The number of nitrogens with one attached hydrogen (secondary N) is 1. The topological polar surface area (TPSA) is 58.6 Å². The summed E-state index contributed by atoms with van der Waals surface area (Å²) in [6.07, 6.45) is -4.10. The second-order valence-corrected chi connectivity index (χ2v) is 4.08. The highest BCUT2D eigenvalue weighted by atomic mass is 19.4. The highest BCUT2D eigenvalue weighted by molar-refractivity contribution is 5.76. The molecule has 0 saturated heterocycles. The summed E-state index contributed by atoms with van der Waals surface area (Å²) in [5.74, 6) is -0.566. The number of ether oxygens (including phenoxy) is 1. The number of alkyl halides is 3. The first-order valence-corrected chi connectivity index (χ1v) is 6.13. The zero-order valence-electron chi connectivity index (χ0n) is 10.7. The van der Waals surface area contributed by atoms with Crippen LogP contribution in [0.1, 0.15) is 18.4 Å². The Balaban J connectivity index is 2.53. The van der Waals surface area contributed by atoms with Crippen LogP contribution in [0.2, 0.25) is 0 Å². The average molecular weight is 291 g/mol. The molecule has 1 rings (SSSR count). The number of rotatable bonds is 7. The van der Waals surface area contributed by atoms with Crippen molar-refractivity contribution in [1.29, 1.82) is 0 Å². The molecular weight excluding hydrogens is 275 g/mol. The van der Waals surface area contributed by atoms with E-state index in [2.05, 4.69) is 10.1 Å². The summed E-state index contributed by atoms with van der Waals surface area (Å²) in [5, 5.41) is 11.1. The lowest BCUT2D eigenvalue weighted by molar-refractivity contribution is -0.274. The molecule has 0 aliphatic carbocycles. The Labute approximate surface area is 114 Å². The minimum Gasteiger partial charge on any atom is -0.406 e. The number of hydrogen-bond acceptors (Lipinski definition) is 3. The van der Waals surface area contributed by atoms with Gasteiger partial charge in [0.05, 0.1) is 0 Å². The summed E-state index contributed by atoms with van der Waals surface area (Å²) < 4.78 is 40.5. The van der Waals surface area contributed by atoms with E-state index < -0.39 is 6.36 Å². The van der Waals surface area contributed by atoms with Crippen molar-refractivity contribution in [3.63, 3.8) is 0 Å². The zero-order chi connectivity index (χ0) is 15.0. The maximum atomic E-state index is 12.2. The summed E-state index contributed by atoms with van der Waals surface area (Å²) >= 11 is 0. The largest absolute Gasteiger partial charge is 0.573 e. The van der Waals surface area contributed by atoms with Crippen LogP contribution in [0.3, 0.4) is 0 Å². The first kappa shape index (κ1) is 16.3. The van der Waals surface area contributed by atoms with E-state index in [1.807, 2.05) is 0 Å². The number of aliphatic hydroxyl groups excluding tert-OH is 1. The van der Waals surface area contributed by atoms with Gasteiger partial charge in [0, 0.05) is 19.6 Å². The fourth-order valence-corrected chi connectivity index (χ4v) is 1.58. The Bertz CT molecular complexity index is 435. The molecule has 0 bridgehead atoms. The lowest BCUT2D eigenvalue weighted by atomic mass is 10.1.